The average molecular weight is 603 g/mol. The van der Waals surface area contributed by atoms with Gasteiger partial charge in [-0.05, 0) is 109 Å². The molecule has 6 unspecified atom stereocenters. The number of hydrogen-bond donors (Lipinski definition) is 5. The minimum absolute atomic E-state index is 0.0165. The van der Waals surface area contributed by atoms with Crippen molar-refractivity contribution in [1.82, 2.24) is 0 Å². The van der Waals surface area contributed by atoms with Crippen molar-refractivity contribution in [1.29, 1.82) is 0 Å². The number of carbonyl (C=O) groups is 1. The van der Waals surface area contributed by atoms with Crippen molar-refractivity contribution in [3.63, 3.8) is 0 Å². The summed E-state index contributed by atoms with van der Waals surface area (Å²) in [6.07, 6.45) is 3.71. The summed E-state index contributed by atoms with van der Waals surface area (Å²) in [5.41, 5.74) is 0.746. The van der Waals surface area contributed by atoms with E-state index in [0.29, 0.717) is 24.2 Å². The molecule has 0 aromatic heterocycles. The van der Waals surface area contributed by atoms with Crippen molar-refractivity contribution >= 4 is 5.78 Å². The minimum Gasteiger partial charge on any atom is -0.394 e. The molecule has 15 atom stereocenters. The quantitative estimate of drug-likeness (QED) is 0.303. The topological polar surface area (TPSA) is 127 Å². The Morgan fingerprint density at radius 1 is 0.860 bits per heavy atom. The van der Waals surface area contributed by atoms with Crippen LogP contribution < -0.4 is 0 Å². The standard InChI is InChI=1S/C36H58O7/c1-19-10-15-36(31(42)30-29(41)28(40)27(39)22(18-37)43-30)17-16-34(6)21(26(36)20(19)2)8-9-24-33(5)13-12-25(38)32(3,4)23(33)11-14-35(24,34)7/h8,19-20,22-30,37-41H,9-18H2,1-7H3/t19-,20+,22?,23?,24?,25+,26?,27-,28?,29?,30-,33+,34-,35-,36+/m1/s1. The number of aliphatic hydroxyl groups excluding tert-OH is 5. The van der Waals surface area contributed by atoms with Crippen LogP contribution in [0, 0.1) is 56.7 Å². The number of Topliss-reactive ketones (excluding diaryl/α,β-unsaturated/α-hetero) is 1. The fourth-order valence-corrected chi connectivity index (χ4v) is 12.5. The number of ketones is 1. The molecule has 6 rings (SSSR count). The van der Waals surface area contributed by atoms with Crippen LogP contribution in [0.25, 0.3) is 0 Å². The zero-order valence-corrected chi connectivity index (χ0v) is 27.6. The second-order valence-electron chi connectivity index (χ2n) is 17.3. The third-order valence-corrected chi connectivity index (χ3v) is 15.6. The van der Waals surface area contributed by atoms with Gasteiger partial charge in [0.25, 0.3) is 0 Å². The van der Waals surface area contributed by atoms with Gasteiger partial charge in [-0.1, -0.05) is 60.1 Å². The molecule has 0 aromatic rings. The fraction of sp³-hybridized carbons (Fsp3) is 0.917. The van der Waals surface area contributed by atoms with Gasteiger partial charge in [0.05, 0.1) is 12.7 Å². The summed E-state index contributed by atoms with van der Waals surface area (Å²) in [6.45, 7) is 16.1. The SMILES string of the molecule is C[C@@H]1CC[C@]2(C(=O)[C@@H]3OC(CO)[C@@H](O)C(O)C3O)CC[C@]3(C)C(=CCC4[C@@]5(C)CC[C@H](O)C(C)(C)C5CC[C@]43C)C2[C@H]1C. The Kier molecular flexibility index (Phi) is 7.72. The zero-order chi connectivity index (χ0) is 31.5. The number of rotatable bonds is 3. The fourth-order valence-electron chi connectivity index (χ4n) is 12.5. The molecule has 5 N–H and O–H groups in total. The maximum absolute atomic E-state index is 14.8. The predicted octanol–water partition coefficient (Wildman–Crippen LogP) is 4.42. The molecule has 0 radical (unpaired) electrons. The summed E-state index contributed by atoms with van der Waals surface area (Å²) in [7, 11) is 0. The van der Waals surface area contributed by atoms with E-state index < -0.39 is 42.5 Å². The third kappa shape index (κ3) is 4.10. The summed E-state index contributed by atoms with van der Waals surface area (Å²) in [6, 6.07) is 0. The van der Waals surface area contributed by atoms with Gasteiger partial charge in [0.2, 0.25) is 0 Å². The van der Waals surface area contributed by atoms with Crippen LogP contribution in [-0.4, -0.2) is 74.5 Å². The van der Waals surface area contributed by atoms with E-state index in [1.165, 1.54) is 5.57 Å². The van der Waals surface area contributed by atoms with E-state index in [0.717, 1.165) is 51.4 Å². The molecule has 1 saturated heterocycles. The lowest BCUT2D eigenvalue weighted by Gasteiger charge is -2.71. The highest BCUT2D eigenvalue weighted by molar-refractivity contribution is 5.91. The highest BCUT2D eigenvalue weighted by atomic mass is 16.5. The number of hydrogen-bond acceptors (Lipinski definition) is 7. The molecule has 7 heteroatoms. The summed E-state index contributed by atoms with van der Waals surface area (Å²) in [5, 5.41) is 52.9. The predicted molar refractivity (Wildman–Crippen MR) is 164 cm³/mol. The van der Waals surface area contributed by atoms with Gasteiger partial charge in [0, 0.05) is 5.41 Å². The smallest absolute Gasteiger partial charge is 0.171 e. The van der Waals surface area contributed by atoms with Crippen molar-refractivity contribution in [3.05, 3.63) is 11.6 Å². The first-order chi connectivity index (χ1) is 20.0. The van der Waals surface area contributed by atoms with E-state index in [-0.39, 0.29) is 45.4 Å². The molecule has 1 heterocycles. The lowest BCUT2D eigenvalue weighted by atomic mass is 9.33. The van der Waals surface area contributed by atoms with Crippen molar-refractivity contribution in [3.8, 4) is 0 Å². The first-order valence-electron chi connectivity index (χ1n) is 17.2. The molecule has 0 bridgehead atoms. The van der Waals surface area contributed by atoms with E-state index in [1.807, 2.05) is 0 Å². The Labute approximate surface area is 258 Å². The lowest BCUT2D eigenvalue weighted by molar-refractivity contribution is -0.234. The van der Waals surface area contributed by atoms with Gasteiger partial charge < -0.3 is 30.3 Å². The first-order valence-corrected chi connectivity index (χ1v) is 17.2. The van der Waals surface area contributed by atoms with Gasteiger partial charge in [-0.25, -0.2) is 0 Å². The van der Waals surface area contributed by atoms with Gasteiger partial charge in [-0.2, -0.15) is 0 Å². The van der Waals surface area contributed by atoms with E-state index in [9.17, 15) is 30.3 Å². The molecule has 244 valence electrons. The van der Waals surface area contributed by atoms with Crippen LogP contribution in [0.2, 0.25) is 0 Å². The highest BCUT2D eigenvalue weighted by Crippen LogP contribution is 2.76. The second kappa shape index (κ2) is 10.3. The van der Waals surface area contributed by atoms with Crippen molar-refractivity contribution in [2.24, 2.45) is 56.7 Å². The van der Waals surface area contributed by atoms with Crippen LogP contribution in [0.4, 0.5) is 0 Å². The maximum Gasteiger partial charge on any atom is 0.171 e. The molecule has 5 aliphatic carbocycles. The van der Waals surface area contributed by atoms with Gasteiger partial charge in [-0.15, -0.1) is 0 Å². The molecule has 0 aromatic carbocycles. The Morgan fingerprint density at radius 3 is 2.23 bits per heavy atom. The first kappa shape index (κ1) is 32.1. The van der Waals surface area contributed by atoms with E-state index in [4.69, 9.17) is 4.74 Å². The zero-order valence-electron chi connectivity index (χ0n) is 27.6. The monoisotopic (exact) mass is 602 g/mol. The summed E-state index contributed by atoms with van der Waals surface area (Å²) in [5.74, 6) is 1.55. The number of ether oxygens (including phenoxy) is 1. The van der Waals surface area contributed by atoms with Gasteiger partial charge in [0.15, 0.2) is 5.78 Å². The molecular formula is C36H58O7. The van der Waals surface area contributed by atoms with E-state index >= 15 is 0 Å². The molecule has 4 saturated carbocycles. The molecule has 43 heavy (non-hydrogen) atoms. The van der Waals surface area contributed by atoms with Crippen molar-refractivity contribution < 1.29 is 35.1 Å². The lowest BCUT2D eigenvalue weighted by Crippen LogP contribution is -2.67. The summed E-state index contributed by atoms with van der Waals surface area (Å²) >= 11 is 0. The Bertz CT molecular complexity index is 1150. The van der Waals surface area contributed by atoms with Gasteiger partial charge in [0.1, 0.15) is 30.5 Å². The minimum atomic E-state index is -1.55. The molecular weight excluding hydrogens is 544 g/mol. The number of aliphatic hydroxyl groups is 5. The Hall–Kier alpha value is -0.830. The number of carbonyl (C=O) groups excluding carboxylic acids is 1. The van der Waals surface area contributed by atoms with Gasteiger partial charge in [-0.3, -0.25) is 4.79 Å². The normalized spacial score (nSPS) is 56.1. The van der Waals surface area contributed by atoms with Crippen LogP contribution in [0.3, 0.4) is 0 Å². The Balaban J connectivity index is 1.41. The van der Waals surface area contributed by atoms with E-state index in [2.05, 4.69) is 54.5 Å². The highest BCUT2D eigenvalue weighted by Gasteiger charge is 2.70. The van der Waals surface area contributed by atoms with Crippen molar-refractivity contribution in [2.75, 3.05) is 6.61 Å². The third-order valence-electron chi connectivity index (χ3n) is 15.6. The molecule has 6 aliphatic rings. The summed E-state index contributed by atoms with van der Waals surface area (Å²) < 4.78 is 5.92. The molecule has 1 aliphatic heterocycles. The van der Waals surface area contributed by atoms with Crippen LogP contribution in [0.15, 0.2) is 11.6 Å². The molecule has 0 spiro atoms. The van der Waals surface area contributed by atoms with Crippen LogP contribution >= 0.6 is 0 Å². The van der Waals surface area contributed by atoms with Crippen LogP contribution in [0.1, 0.15) is 106 Å². The summed E-state index contributed by atoms with van der Waals surface area (Å²) in [4.78, 5) is 14.8. The second-order valence-corrected chi connectivity index (χ2v) is 17.3. The number of fused-ring (bicyclic) bond motifs is 7. The Morgan fingerprint density at radius 2 is 1.56 bits per heavy atom. The van der Waals surface area contributed by atoms with Crippen LogP contribution in [-0.2, 0) is 9.53 Å². The average Bonchev–Trinajstić information content (AvgIpc) is 2.96. The van der Waals surface area contributed by atoms with Crippen LogP contribution in [0.5, 0.6) is 0 Å². The molecule has 5 fully saturated rings. The largest absolute Gasteiger partial charge is 0.394 e. The van der Waals surface area contributed by atoms with E-state index in [1.54, 1.807) is 0 Å². The number of allylic oxidation sites excluding steroid dienone is 2. The molecule has 0 amide bonds. The maximum atomic E-state index is 14.8. The molecule has 7 nitrogen and oxygen atoms in total. The van der Waals surface area contributed by atoms with Gasteiger partial charge >= 0.3 is 0 Å². The van der Waals surface area contributed by atoms with Crippen molar-refractivity contribution in [2.45, 2.75) is 143 Å².